The van der Waals surface area contributed by atoms with Crippen LogP contribution in [-0.4, -0.2) is 35.4 Å². The number of hydrogen-bond acceptors (Lipinski definition) is 5. The zero-order valence-corrected chi connectivity index (χ0v) is 18.9. The highest BCUT2D eigenvalue weighted by Gasteiger charge is 2.19. The molecule has 1 atom stereocenters. The number of aromatic nitrogens is 2. The molecule has 3 rings (SSSR count). The van der Waals surface area contributed by atoms with Crippen LogP contribution in [0.1, 0.15) is 44.1 Å². The van der Waals surface area contributed by atoms with Crippen LogP contribution in [-0.2, 0) is 9.53 Å². The van der Waals surface area contributed by atoms with Crippen molar-refractivity contribution in [2.45, 2.75) is 33.6 Å². The number of nitrogens with one attached hydrogen (secondary N) is 1. The number of carbonyl (C=O) groups excluding carboxylic acids is 2. The van der Waals surface area contributed by atoms with E-state index in [0.717, 1.165) is 29.8 Å². The summed E-state index contributed by atoms with van der Waals surface area (Å²) in [7, 11) is 1.61. The fourth-order valence-corrected chi connectivity index (χ4v) is 3.40. The third-order valence-electron chi connectivity index (χ3n) is 5.11. The molecule has 0 spiro atoms. The van der Waals surface area contributed by atoms with Gasteiger partial charge in [-0.1, -0.05) is 32.4 Å². The SMILES string of the molecule is CCCC(C)C(=O)Nc1cccc(-c2cc(C(=O)OCC)nn2-c2ccc(OC)cc2)c1. The molecule has 0 aliphatic carbocycles. The Hall–Kier alpha value is -3.61. The van der Waals surface area contributed by atoms with E-state index in [9.17, 15) is 9.59 Å². The molecule has 1 heterocycles. The summed E-state index contributed by atoms with van der Waals surface area (Å²) in [6.07, 6.45) is 1.78. The molecule has 1 unspecified atom stereocenters. The van der Waals surface area contributed by atoms with Crippen LogP contribution in [0, 0.1) is 5.92 Å². The van der Waals surface area contributed by atoms with Crippen LogP contribution in [0.3, 0.4) is 0 Å². The second-order valence-electron chi connectivity index (χ2n) is 7.50. The Morgan fingerprint density at radius 2 is 1.84 bits per heavy atom. The standard InChI is InChI=1S/C25H29N3O4/c1-5-8-17(3)24(29)26-19-10-7-9-18(15-19)23-16-22(25(30)32-6-2)27-28(23)20-11-13-21(31-4)14-12-20/h7,9-17H,5-6,8H2,1-4H3,(H,26,29). The molecule has 0 saturated carbocycles. The summed E-state index contributed by atoms with van der Waals surface area (Å²) < 4.78 is 12.1. The molecule has 7 heteroatoms. The normalized spacial score (nSPS) is 11.6. The summed E-state index contributed by atoms with van der Waals surface area (Å²) in [5.41, 5.74) is 3.18. The van der Waals surface area contributed by atoms with E-state index >= 15 is 0 Å². The van der Waals surface area contributed by atoms with Gasteiger partial charge in [-0.05, 0) is 55.8 Å². The van der Waals surface area contributed by atoms with E-state index in [-0.39, 0.29) is 24.1 Å². The fraction of sp³-hybridized carbons (Fsp3) is 0.320. The smallest absolute Gasteiger partial charge is 0.358 e. The molecule has 2 aromatic carbocycles. The zero-order valence-electron chi connectivity index (χ0n) is 18.9. The topological polar surface area (TPSA) is 82.5 Å². The minimum atomic E-state index is -0.487. The zero-order chi connectivity index (χ0) is 23.1. The first-order valence-electron chi connectivity index (χ1n) is 10.8. The van der Waals surface area contributed by atoms with Crippen molar-refractivity contribution in [2.24, 2.45) is 5.92 Å². The van der Waals surface area contributed by atoms with Gasteiger partial charge in [0, 0.05) is 17.2 Å². The quantitative estimate of drug-likeness (QED) is 0.473. The van der Waals surface area contributed by atoms with Crippen molar-refractivity contribution in [3.05, 3.63) is 60.3 Å². The van der Waals surface area contributed by atoms with Crippen molar-refractivity contribution in [3.63, 3.8) is 0 Å². The van der Waals surface area contributed by atoms with E-state index in [2.05, 4.69) is 17.3 Å². The minimum absolute atomic E-state index is 0.0140. The summed E-state index contributed by atoms with van der Waals surface area (Å²) >= 11 is 0. The number of benzene rings is 2. The van der Waals surface area contributed by atoms with Crippen molar-refractivity contribution in [1.82, 2.24) is 9.78 Å². The van der Waals surface area contributed by atoms with Gasteiger partial charge in [0.1, 0.15) is 5.75 Å². The van der Waals surface area contributed by atoms with Gasteiger partial charge in [-0.15, -0.1) is 0 Å². The fourth-order valence-electron chi connectivity index (χ4n) is 3.40. The lowest BCUT2D eigenvalue weighted by Crippen LogP contribution is -2.20. The Labute approximate surface area is 188 Å². The average molecular weight is 436 g/mol. The second kappa shape index (κ2) is 10.6. The highest BCUT2D eigenvalue weighted by Crippen LogP contribution is 2.28. The average Bonchev–Trinajstić information content (AvgIpc) is 3.25. The first-order chi connectivity index (χ1) is 15.5. The van der Waals surface area contributed by atoms with Gasteiger partial charge < -0.3 is 14.8 Å². The predicted octanol–water partition coefficient (Wildman–Crippen LogP) is 5.10. The van der Waals surface area contributed by atoms with Crippen molar-refractivity contribution >= 4 is 17.6 Å². The van der Waals surface area contributed by atoms with Crippen LogP contribution in [0.2, 0.25) is 0 Å². The molecule has 7 nitrogen and oxygen atoms in total. The molecule has 1 amide bonds. The lowest BCUT2D eigenvalue weighted by Gasteiger charge is -2.13. The third kappa shape index (κ3) is 5.35. The minimum Gasteiger partial charge on any atom is -0.497 e. The molecule has 1 aromatic heterocycles. The van der Waals surface area contributed by atoms with Gasteiger partial charge in [0.05, 0.1) is 25.1 Å². The van der Waals surface area contributed by atoms with Gasteiger partial charge in [-0.3, -0.25) is 4.79 Å². The molecule has 0 aliphatic rings. The third-order valence-corrected chi connectivity index (χ3v) is 5.11. The van der Waals surface area contributed by atoms with Gasteiger partial charge in [-0.25, -0.2) is 9.48 Å². The first-order valence-corrected chi connectivity index (χ1v) is 10.8. The largest absolute Gasteiger partial charge is 0.497 e. The number of esters is 1. The molecule has 0 radical (unpaired) electrons. The monoisotopic (exact) mass is 435 g/mol. The number of carbonyl (C=O) groups is 2. The van der Waals surface area contributed by atoms with Crippen molar-refractivity contribution < 1.29 is 19.1 Å². The van der Waals surface area contributed by atoms with Crippen LogP contribution in [0.15, 0.2) is 54.6 Å². The highest BCUT2D eigenvalue weighted by molar-refractivity contribution is 5.93. The summed E-state index contributed by atoms with van der Waals surface area (Å²) in [6.45, 7) is 6.00. The molecule has 168 valence electrons. The lowest BCUT2D eigenvalue weighted by atomic mass is 10.0. The molecular weight excluding hydrogens is 406 g/mol. The second-order valence-corrected chi connectivity index (χ2v) is 7.50. The molecule has 3 aromatic rings. The summed E-state index contributed by atoms with van der Waals surface area (Å²) in [5, 5.41) is 7.47. The van der Waals surface area contributed by atoms with Gasteiger partial charge in [0.25, 0.3) is 0 Å². The highest BCUT2D eigenvalue weighted by atomic mass is 16.5. The van der Waals surface area contributed by atoms with Gasteiger partial charge in [-0.2, -0.15) is 5.10 Å². The molecule has 32 heavy (non-hydrogen) atoms. The van der Waals surface area contributed by atoms with E-state index in [1.807, 2.05) is 55.5 Å². The molecule has 0 saturated heterocycles. The summed E-state index contributed by atoms with van der Waals surface area (Å²) in [5.74, 6) is 0.154. The number of rotatable bonds is 9. The van der Waals surface area contributed by atoms with Gasteiger partial charge in [0.2, 0.25) is 5.91 Å². The van der Waals surface area contributed by atoms with Crippen LogP contribution in [0.25, 0.3) is 16.9 Å². The Balaban J connectivity index is 2.00. The van der Waals surface area contributed by atoms with Gasteiger partial charge in [0.15, 0.2) is 5.69 Å². The maximum Gasteiger partial charge on any atom is 0.358 e. The Morgan fingerprint density at radius 3 is 2.50 bits per heavy atom. The number of anilines is 1. The Bertz CT molecular complexity index is 1070. The van der Waals surface area contributed by atoms with Crippen LogP contribution < -0.4 is 10.1 Å². The van der Waals surface area contributed by atoms with E-state index in [1.54, 1.807) is 24.8 Å². The summed E-state index contributed by atoms with van der Waals surface area (Å²) in [6, 6.07) is 16.6. The van der Waals surface area contributed by atoms with Crippen LogP contribution >= 0.6 is 0 Å². The van der Waals surface area contributed by atoms with E-state index in [0.29, 0.717) is 11.4 Å². The van der Waals surface area contributed by atoms with Crippen molar-refractivity contribution in [1.29, 1.82) is 0 Å². The van der Waals surface area contributed by atoms with E-state index in [4.69, 9.17) is 9.47 Å². The Morgan fingerprint density at radius 1 is 1.09 bits per heavy atom. The molecule has 0 fully saturated rings. The molecule has 0 aliphatic heterocycles. The van der Waals surface area contributed by atoms with Crippen molar-refractivity contribution in [2.75, 3.05) is 19.0 Å². The van der Waals surface area contributed by atoms with E-state index < -0.39 is 5.97 Å². The summed E-state index contributed by atoms with van der Waals surface area (Å²) in [4.78, 5) is 24.8. The first kappa shape index (κ1) is 23.1. The maximum absolute atomic E-state index is 12.5. The van der Waals surface area contributed by atoms with Crippen molar-refractivity contribution in [3.8, 4) is 22.7 Å². The molecule has 0 bridgehead atoms. The maximum atomic E-state index is 12.5. The number of nitrogens with zero attached hydrogens (tertiary/aromatic N) is 2. The van der Waals surface area contributed by atoms with E-state index in [1.165, 1.54) is 0 Å². The van der Waals surface area contributed by atoms with Crippen LogP contribution in [0.4, 0.5) is 5.69 Å². The lowest BCUT2D eigenvalue weighted by molar-refractivity contribution is -0.119. The molecular formula is C25H29N3O4. The number of amides is 1. The van der Waals surface area contributed by atoms with Gasteiger partial charge >= 0.3 is 5.97 Å². The predicted molar refractivity (Wildman–Crippen MR) is 124 cm³/mol. The number of methoxy groups -OCH3 is 1. The van der Waals surface area contributed by atoms with Crippen LogP contribution in [0.5, 0.6) is 5.75 Å². The number of ether oxygens (including phenoxy) is 2. The Kier molecular flexibility index (Phi) is 7.65. The number of hydrogen-bond donors (Lipinski definition) is 1. The molecule has 1 N–H and O–H groups in total.